The van der Waals surface area contributed by atoms with Crippen molar-refractivity contribution in [1.29, 1.82) is 0 Å². The predicted molar refractivity (Wildman–Crippen MR) is 340 cm³/mol. The molecular formula is C67H54FN15O6S. The maximum atomic E-state index is 13.9. The third-order valence-corrected chi connectivity index (χ3v) is 15.6. The molecule has 0 aliphatic heterocycles. The quantitative estimate of drug-likeness (QED) is 0.0939. The maximum Gasteiger partial charge on any atom is 0.195 e. The van der Waals surface area contributed by atoms with Crippen molar-refractivity contribution in [2.45, 2.75) is 33.2 Å². The summed E-state index contributed by atoms with van der Waals surface area (Å²) in [6, 6.07) is 50.6. The van der Waals surface area contributed by atoms with E-state index in [1.165, 1.54) is 17.7 Å². The van der Waals surface area contributed by atoms with Crippen molar-refractivity contribution in [3.05, 3.63) is 223 Å². The fourth-order valence-corrected chi connectivity index (χ4v) is 10.7. The van der Waals surface area contributed by atoms with Crippen molar-refractivity contribution < 1.29 is 32.8 Å². The van der Waals surface area contributed by atoms with Gasteiger partial charge in [0.2, 0.25) is 0 Å². The minimum atomic E-state index is -0.493. The largest absolute Gasteiger partial charge is 0.497 e. The average molecular weight is 1220 g/mol. The Hall–Kier alpha value is -11.7. The van der Waals surface area contributed by atoms with Crippen LogP contribution in [0.1, 0.15) is 35.9 Å². The number of thiophene rings is 1. The number of pyridine rings is 3. The van der Waals surface area contributed by atoms with Gasteiger partial charge in [-0.3, -0.25) is 15.0 Å². The van der Waals surface area contributed by atoms with E-state index in [4.69, 9.17) is 44.4 Å². The van der Waals surface area contributed by atoms with Crippen molar-refractivity contribution >= 4 is 66.7 Å². The fourth-order valence-electron chi connectivity index (χ4n) is 9.88. The molecule has 2 N–H and O–H groups in total. The Balaban J connectivity index is 0.000000124. The number of hydrogen-bond donors (Lipinski definition) is 1. The third-order valence-electron chi connectivity index (χ3n) is 14.5. The molecule has 446 valence electrons. The van der Waals surface area contributed by atoms with Gasteiger partial charge in [0.25, 0.3) is 0 Å². The number of nitrogens with two attached hydrogens (primary N) is 1. The molecule has 0 fully saturated rings. The first kappa shape index (κ1) is 57.4. The Morgan fingerprint density at radius 1 is 0.511 bits per heavy atom. The standard InChI is InChI=1S/C23H19N5O2.C22H17FN6O2.C22H18N4O2S/c1-15(30-21-12-13-24-20-14-17(29-2)8-9-18(20)21)23-26-25-22-11-10-19(27-28(22)23)16-6-4-3-5-7-16;1-30-14-3-4-15-19(11-14)25-9-8-20(15)31-12-22-27-26-21-7-6-18(28-29(21)22)13-2-5-17(24)16(23)10-13;1-14-9-21(29-13-14)18-5-6-22-24-11-15(26(22)25-18)12-28-20-7-8-23-19-10-16(27-2)3-4-17(19)20/h3-15H,1-2H3;2-11H,12,24H2,1H3;3-11,13H,12H2,1-2H3/t15-;;/m1../s1. The molecule has 0 spiro atoms. The number of ether oxygens (including phenoxy) is 6. The van der Waals surface area contributed by atoms with Crippen molar-refractivity contribution in [3.8, 4) is 67.6 Å². The third kappa shape index (κ3) is 12.1. The molecule has 15 aromatic rings. The van der Waals surface area contributed by atoms with E-state index in [2.05, 4.69) is 63.8 Å². The van der Waals surface area contributed by atoms with Gasteiger partial charge in [-0.25, -0.2) is 13.9 Å². The lowest BCUT2D eigenvalue weighted by molar-refractivity contribution is 0.216. The Labute approximate surface area is 516 Å². The van der Waals surface area contributed by atoms with E-state index in [0.717, 1.165) is 88.9 Å². The van der Waals surface area contributed by atoms with Gasteiger partial charge in [-0.15, -0.1) is 31.7 Å². The lowest BCUT2D eigenvalue weighted by atomic mass is 10.1. The summed E-state index contributed by atoms with van der Waals surface area (Å²) in [5, 5.41) is 35.7. The van der Waals surface area contributed by atoms with E-state index >= 15 is 0 Å². The van der Waals surface area contributed by atoms with Gasteiger partial charge in [0.1, 0.15) is 64.9 Å². The predicted octanol–water partition coefficient (Wildman–Crippen LogP) is 13.0. The second-order valence-electron chi connectivity index (χ2n) is 20.4. The summed E-state index contributed by atoms with van der Waals surface area (Å²) in [5.41, 5.74) is 16.2. The topological polar surface area (TPSA) is 236 Å². The van der Waals surface area contributed by atoms with Gasteiger partial charge in [0, 0.05) is 64.1 Å². The van der Waals surface area contributed by atoms with Crippen molar-refractivity contribution in [1.82, 2.24) is 69.2 Å². The van der Waals surface area contributed by atoms with Crippen molar-refractivity contribution in [2.24, 2.45) is 0 Å². The number of hydrogen-bond acceptors (Lipinski definition) is 19. The molecule has 0 radical (unpaired) electrons. The highest BCUT2D eigenvalue weighted by Gasteiger charge is 2.20. The van der Waals surface area contributed by atoms with Crippen LogP contribution in [0.15, 0.2) is 194 Å². The van der Waals surface area contributed by atoms with Crippen LogP contribution < -0.4 is 34.2 Å². The Morgan fingerprint density at radius 3 is 1.69 bits per heavy atom. The molecule has 0 aliphatic carbocycles. The van der Waals surface area contributed by atoms with Gasteiger partial charge in [0.15, 0.2) is 34.7 Å². The van der Waals surface area contributed by atoms with Crippen LogP contribution in [0.3, 0.4) is 0 Å². The van der Waals surface area contributed by atoms with Crippen molar-refractivity contribution in [3.63, 3.8) is 0 Å². The van der Waals surface area contributed by atoms with E-state index in [-0.39, 0.29) is 18.4 Å². The van der Waals surface area contributed by atoms with Crippen LogP contribution in [0, 0.1) is 12.7 Å². The first-order valence-electron chi connectivity index (χ1n) is 28.2. The molecule has 10 aromatic heterocycles. The summed E-state index contributed by atoms with van der Waals surface area (Å²) in [5.74, 6) is 5.01. The first-order valence-corrected chi connectivity index (χ1v) is 29.1. The number of nitrogens with zero attached hydrogens (tertiary/aromatic N) is 14. The van der Waals surface area contributed by atoms with Gasteiger partial charge >= 0.3 is 0 Å². The zero-order valence-electron chi connectivity index (χ0n) is 49.0. The molecule has 0 saturated heterocycles. The summed E-state index contributed by atoms with van der Waals surface area (Å²) in [7, 11) is 4.89. The highest BCUT2D eigenvalue weighted by atomic mass is 32.1. The molecule has 90 heavy (non-hydrogen) atoms. The lowest BCUT2D eigenvalue weighted by Crippen LogP contribution is -2.10. The number of rotatable bonds is 15. The highest BCUT2D eigenvalue weighted by molar-refractivity contribution is 7.13. The summed E-state index contributed by atoms with van der Waals surface area (Å²) in [6.45, 7) is 4.51. The van der Waals surface area contributed by atoms with Crippen LogP contribution in [-0.2, 0) is 13.2 Å². The first-order chi connectivity index (χ1) is 44.1. The number of aromatic nitrogens is 14. The van der Waals surface area contributed by atoms with Gasteiger partial charge in [0.05, 0.1) is 66.0 Å². The molecule has 0 aliphatic rings. The summed E-state index contributed by atoms with van der Waals surface area (Å²) < 4.78 is 53.2. The van der Waals surface area contributed by atoms with E-state index in [0.29, 0.717) is 52.3 Å². The normalized spacial score (nSPS) is 11.5. The number of aryl methyl sites for hydroxylation is 1. The lowest BCUT2D eigenvalue weighted by Gasteiger charge is -2.15. The Bertz CT molecular complexity index is 5080. The van der Waals surface area contributed by atoms with Crippen LogP contribution in [-0.4, -0.2) is 90.5 Å². The molecule has 10 heterocycles. The minimum Gasteiger partial charge on any atom is -0.497 e. The SMILES string of the molecule is COc1ccc2c(OCc3cnc4ccc(-c5cc(C)cs5)nn34)ccnc2c1.COc1ccc2c(OCc3nnc4ccc(-c5ccc(N)c(F)c5)nn34)ccnc2c1.COc1ccc2c(O[C@H](C)c3nnc4ccc(-c5ccccc5)nn34)ccnc2c1. The second-order valence-corrected chi connectivity index (χ2v) is 21.3. The molecular weight excluding hydrogens is 1160 g/mol. The molecule has 0 amide bonds. The zero-order chi connectivity index (χ0) is 61.7. The molecule has 21 nitrogen and oxygen atoms in total. The number of nitrogen functional groups attached to an aromatic ring is 1. The van der Waals surface area contributed by atoms with E-state index < -0.39 is 5.82 Å². The molecule has 23 heteroatoms. The molecule has 5 aromatic carbocycles. The Morgan fingerprint density at radius 2 is 1.07 bits per heavy atom. The number of fused-ring (bicyclic) bond motifs is 6. The number of anilines is 1. The number of imidazole rings is 1. The van der Waals surface area contributed by atoms with Crippen molar-refractivity contribution in [2.75, 3.05) is 27.1 Å². The van der Waals surface area contributed by atoms with Gasteiger partial charge < -0.3 is 34.2 Å². The summed E-state index contributed by atoms with van der Waals surface area (Å²) in [4.78, 5) is 18.8. The Kier molecular flexibility index (Phi) is 16.1. The molecule has 1 atom stereocenters. The number of halogens is 1. The molecule has 15 rings (SSSR count). The van der Waals surface area contributed by atoms with Crippen LogP contribution >= 0.6 is 11.3 Å². The zero-order valence-corrected chi connectivity index (χ0v) is 49.9. The minimum absolute atomic E-state index is 0.0883. The number of methoxy groups -OCH3 is 3. The maximum absolute atomic E-state index is 13.9. The smallest absolute Gasteiger partial charge is 0.195 e. The summed E-state index contributed by atoms with van der Waals surface area (Å²) in [6.07, 6.45) is 6.56. The second kappa shape index (κ2) is 25.3. The van der Waals surface area contributed by atoms with Crippen LogP contribution in [0.2, 0.25) is 0 Å². The van der Waals surface area contributed by atoms with Crippen LogP contribution in [0.25, 0.3) is 82.7 Å². The summed E-state index contributed by atoms with van der Waals surface area (Å²) >= 11 is 1.69. The number of benzene rings is 5. The van der Waals surface area contributed by atoms with Gasteiger partial charge in [-0.2, -0.15) is 24.3 Å². The van der Waals surface area contributed by atoms with E-state index in [9.17, 15) is 4.39 Å². The highest BCUT2D eigenvalue weighted by Crippen LogP contribution is 2.33. The molecule has 0 saturated carbocycles. The van der Waals surface area contributed by atoms with Gasteiger partial charge in [-0.1, -0.05) is 36.4 Å². The average Bonchev–Trinajstić information content (AvgIpc) is 2.26. The van der Waals surface area contributed by atoms with E-state index in [1.54, 1.807) is 90.7 Å². The molecule has 0 unspecified atom stereocenters. The van der Waals surface area contributed by atoms with Gasteiger partial charge in [-0.05, 0) is 134 Å². The monoisotopic (exact) mass is 1220 g/mol. The molecule has 0 bridgehead atoms. The fraction of sp³-hybridized carbons (Fsp3) is 0.119. The van der Waals surface area contributed by atoms with Crippen LogP contribution in [0.5, 0.6) is 34.5 Å². The van der Waals surface area contributed by atoms with Crippen LogP contribution in [0.4, 0.5) is 10.1 Å². The van der Waals surface area contributed by atoms with E-state index in [1.807, 2.05) is 133 Å².